The van der Waals surface area contributed by atoms with E-state index in [1.165, 1.54) is 12.8 Å². The number of allylic oxidation sites excluding steroid dienone is 4. The highest BCUT2D eigenvalue weighted by molar-refractivity contribution is 7.86. The molecule has 4 aliphatic rings. The molecule has 0 aromatic heterocycles. The monoisotopic (exact) mass is 410 g/mol. The van der Waals surface area contributed by atoms with Crippen molar-refractivity contribution in [3.05, 3.63) is 23.8 Å². The van der Waals surface area contributed by atoms with Crippen LogP contribution in [0.15, 0.2) is 23.8 Å². The van der Waals surface area contributed by atoms with Crippen molar-refractivity contribution >= 4 is 16.1 Å². The van der Waals surface area contributed by atoms with Crippen molar-refractivity contribution in [2.45, 2.75) is 45.0 Å². The van der Waals surface area contributed by atoms with Crippen molar-refractivity contribution < 1.29 is 36.0 Å². The van der Waals surface area contributed by atoms with Crippen molar-refractivity contribution in [1.82, 2.24) is 0 Å². The molecule has 4 rings (SSSR count). The number of halogens is 3. The van der Waals surface area contributed by atoms with Gasteiger partial charge in [-0.1, -0.05) is 30.7 Å². The summed E-state index contributed by atoms with van der Waals surface area (Å²) in [5.41, 5.74) is -3.87. The smallest absolute Gasteiger partial charge is 0.481 e. The predicted molar refractivity (Wildman–Crippen MR) is 93.2 cm³/mol. The number of alkyl halides is 3. The summed E-state index contributed by atoms with van der Waals surface area (Å²) in [6.07, 6.45) is 11.6. The molecule has 2 saturated carbocycles. The molecule has 0 aromatic carbocycles. The number of hydrogen-bond donors (Lipinski definition) is 2. The lowest BCUT2D eigenvalue weighted by Crippen LogP contribution is -2.21. The van der Waals surface area contributed by atoms with Gasteiger partial charge in [-0.15, -0.1) is 0 Å². The molecule has 154 valence electrons. The van der Waals surface area contributed by atoms with Gasteiger partial charge >= 0.3 is 21.6 Å². The summed E-state index contributed by atoms with van der Waals surface area (Å²) in [6, 6.07) is 0. The first-order valence-electron chi connectivity index (χ1n) is 8.92. The van der Waals surface area contributed by atoms with Crippen LogP contribution in [0.3, 0.4) is 0 Å². The number of carboxylic acids is 1. The molecule has 27 heavy (non-hydrogen) atoms. The number of aliphatic carboxylic acids is 1. The molecular formula is C18H25F3O5S. The van der Waals surface area contributed by atoms with Crippen LogP contribution in [0, 0.1) is 35.5 Å². The van der Waals surface area contributed by atoms with Crippen LogP contribution in [0.5, 0.6) is 0 Å². The normalized spacial score (nSPS) is 35.9. The molecule has 0 aliphatic heterocycles. The van der Waals surface area contributed by atoms with Gasteiger partial charge in [0.05, 0.1) is 5.92 Å². The molecule has 2 fully saturated rings. The Morgan fingerprint density at radius 2 is 1.70 bits per heavy atom. The highest BCUT2D eigenvalue weighted by atomic mass is 32.2. The molecule has 0 heterocycles. The van der Waals surface area contributed by atoms with E-state index in [0.717, 1.165) is 30.6 Å². The van der Waals surface area contributed by atoms with E-state index >= 15 is 0 Å². The minimum atomic E-state index is -5.84. The van der Waals surface area contributed by atoms with Gasteiger partial charge in [0.1, 0.15) is 0 Å². The van der Waals surface area contributed by atoms with E-state index in [1.807, 2.05) is 0 Å². The molecule has 0 spiro atoms. The first-order chi connectivity index (χ1) is 12.3. The van der Waals surface area contributed by atoms with Crippen molar-refractivity contribution in [1.29, 1.82) is 0 Å². The fourth-order valence-electron chi connectivity index (χ4n) is 4.42. The molecule has 2 N–H and O–H groups in total. The quantitative estimate of drug-likeness (QED) is 0.382. The van der Waals surface area contributed by atoms with E-state index < -0.39 is 21.6 Å². The first kappa shape index (κ1) is 21.9. The Hall–Kier alpha value is -1.35. The Morgan fingerprint density at radius 3 is 1.93 bits per heavy atom. The van der Waals surface area contributed by atoms with Crippen LogP contribution in [0.4, 0.5) is 13.2 Å². The topological polar surface area (TPSA) is 91.7 Å². The van der Waals surface area contributed by atoms with Gasteiger partial charge in [-0.3, -0.25) is 9.35 Å². The summed E-state index contributed by atoms with van der Waals surface area (Å²) in [6.45, 7) is 4.67. The SMILES string of the molecule is CC1=CC2CC1CC2C.O=C(O)C1CC2C=CC1C2.O=S(=O)(O)C(F)(F)F. The highest BCUT2D eigenvalue weighted by Crippen LogP contribution is 2.46. The van der Waals surface area contributed by atoms with Crippen molar-refractivity contribution in [2.75, 3.05) is 0 Å². The lowest BCUT2D eigenvalue weighted by molar-refractivity contribution is -0.142. The average Bonchev–Trinajstić information content (AvgIpc) is 3.26. The third-order valence-electron chi connectivity index (χ3n) is 5.95. The fourth-order valence-corrected chi connectivity index (χ4v) is 4.42. The van der Waals surface area contributed by atoms with Crippen LogP contribution in [0.2, 0.25) is 0 Å². The molecule has 0 radical (unpaired) electrons. The molecule has 0 saturated heterocycles. The second kappa shape index (κ2) is 7.95. The number of fused-ring (bicyclic) bond motifs is 4. The number of hydrogen-bond acceptors (Lipinski definition) is 3. The van der Waals surface area contributed by atoms with Gasteiger partial charge in [0.25, 0.3) is 0 Å². The minimum Gasteiger partial charge on any atom is -0.481 e. The van der Waals surface area contributed by atoms with Crippen molar-refractivity contribution in [2.24, 2.45) is 35.5 Å². The Labute approximate surface area is 157 Å². The van der Waals surface area contributed by atoms with Gasteiger partial charge in [-0.25, -0.2) is 0 Å². The fraction of sp³-hybridized carbons (Fsp3) is 0.722. The Bertz CT molecular complexity index is 726. The zero-order valence-electron chi connectivity index (χ0n) is 15.2. The number of rotatable bonds is 1. The van der Waals surface area contributed by atoms with Gasteiger partial charge in [0, 0.05) is 0 Å². The van der Waals surface area contributed by atoms with E-state index in [4.69, 9.17) is 18.1 Å². The molecule has 9 heteroatoms. The predicted octanol–water partition coefficient (Wildman–Crippen LogP) is 4.29. The van der Waals surface area contributed by atoms with Gasteiger partial charge in [-0.05, 0) is 62.2 Å². The van der Waals surface area contributed by atoms with Gasteiger partial charge in [0.15, 0.2) is 0 Å². The van der Waals surface area contributed by atoms with Gasteiger partial charge in [-0.2, -0.15) is 21.6 Å². The maximum atomic E-state index is 10.7. The zero-order chi connectivity index (χ0) is 20.6. The molecule has 0 aromatic rings. The molecule has 4 bridgehead atoms. The van der Waals surface area contributed by atoms with E-state index in [2.05, 4.69) is 32.1 Å². The van der Waals surface area contributed by atoms with Crippen molar-refractivity contribution in [3.63, 3.8) is 0 Å². The summed E-state index contributed by atoms with van der Waals surface area (Å²) in [5, 5.41) is 8.70. The van der Waals surface area contributed by atoms with Crippen molar-refractivity contribution in [3.8, 4) is 0 Å². The third-order valence-corrected chi connectivity index (χ3v) is 6.54. The third kappa shape index (κ3) is 5.34. The molecule has 5 nitrogen and oxygen atoms in total. The average molecular weight is 410 g/mol. The lowest BCUT2D eigenvalue weighted by Gasteiger charge is -2.13. The van der Waals surface area contributed by atoms with Gasteiger partial charge < -0.3 is 5.11 Å². The molecule has 6 atom stereocenters. The van der Waals surface area contributed by atoms with Crippen LogP contribution in [0.25, 0.3) is 0 Å². The molecule has 4 aliphatic carbocycles. The minimum absolute atomic E-state index is 0.0741. The van der Waals surface area contributed by atoms with Crippen LogP contribution in [-0.2, 0) is 14.9 Å². The van der Waals surface area contributed by atoms with E-state index in [9.17, 15) is 18.0 Å². The van der Waals surface area contributed by atoms with Crippen LogP contribution >= 0.6 is 0 Å². The second-order valence-corrected chi connectivity index (χ2v) is 9.28. The molecule has 6 unspecified atom stereocenters. The molecule has 0 amide bonds. The van der Waals surface area contributed by atoms with Crippen LogP contribution in [0.1, 0.15) is 39.5 Å². The van der Waals surface area contributed by atoms with Crippen LogP contribution < -0.4 is 0 Å². The van der Waals surface area contributed by atoms with E-state index in [0.29, 0.717) is 11.8 Å². The van der Waals surface area contributed by atoms with E-state index in [1.54, 1.807) is 5.57 Å². The summed E-state index contributed by atoms with van der Waals surface area (Å²) >= 11 is 0. The zero-order valence-corrected chi connectivity index (χ0v) is 16.0. The summed E-state index contributed by atoms with van der Waals surface area (Å²) < 4.78 is 57.5. The first-order valence-corrected chi connectivity index (χ1v) is 10.4. The Balaban J connectivity index is 0.000000147. The molecular weight excluding hydrogens is 385 g/mol. The Kier molecular flexibility index (Phi) is 6.46. The summed E-state index contributed by atoms with van der Waals surface area (Å²) in [7, 11) is -5.84. The number of carboxylic acid groups (broad SMARTS) is 1. The second-order valence-electron chi connectivity index (χ2n) is 7.87. The summed E-state index contributed by atoms with van der Waals surface area (Å²) in [5.74, 6) is 3.15. The maximum absolute atomic E-state index is 10.7. The van der Waals surface area contributed by atoms with E-state index in [-0.39, 0.29) is 5.92 Å². The van der Waals surface area contributed by atoms with Gasteiger partial charge in [0.2, 0.25) is 0 Å². The largest absolute Gasteiger partial charge is 0.522 e. The van der Waals surface area contributed by atoms with Crippen LogP contribution in [-0.4, -0.2) is 29.6 Å². The number of carbonyl (C=O) groups is 1. The standard InChI is InChI=1S/C9H14.C8H10O2.CHF3O3S/c1-6-3-9-5-8(6)4-7(9)2;9-8(10)7-4-5-1-2-6(7)3-5;2-1(3,4)8(5,6)7/h3,7-9H,4-5H2,1-2H3;1-2,5-7H,3-4H2,(H,9,10);(H,5,6,7). The maximum Gasteiger partial charge on any atom is 0.522 e. The Morgan fingerprint density at radius 1 is 1.11 bits per heavy atom. The highest BCUT2D eigenvalue weighted by Gasteiger charge is 2.44. The summed E-state index contributed by atoms with van der Waals surface area (Å²) in [4.78, 5) is 10.6. The lowest BCUT2D eigenvalue weighted by atomic mass is 9.92.